The number of aliphatic hydroxyl groups excluding tert-OH is 1. The van der Waals surface area contributed by atoms with Crippen molar-refractivity contribution in [3.8, 4) is 22.4 Å². The fraction of sp³-hybridized carbons (Fsp3) is 0.154. The molecule has 0 atom stereocenters. The summed E-state index contributed by atoms with van der Waals surface area (Å²) in [6, 6.07) is 19.0. The maximum absolute atomic E-state index is 13.0. The third-order valence-corrected chi connectivity index (χ3v) is 5.19. The molecule has 0 aliphatic rings. The van der Waals surface area contributed by atoms with Crippen LogP contribution in [0, 0.1) is 6.92 Å². The van der Waals surface area contributed by atoms with Crippen LogP contribution in [0.25, 0.3) is 22.4 Å². The van der Waals surface area contributed by atoms with Crippen LogP contribution < -0.4 is 5.32 Å². The summed E-state index contributed by atoms with van der Waals surface area (Å²) in [7, 11) is 0. The second-order valence-corrected chi connectivity index (χ2v) is 7.47. The maximum atomic E-state index is 13.0. The zero-order chi connectivity index (χ0) is 22.3. The summed E-state index contributed by atoms with van der Waals surface area (Å²) in [4.78, 5) is 25.8. The normalized spacial score (nSPS) is 10.7. The van der Waals surface area contributed by atoms with Gasteiger partial charge in [-0.2, -0.15) is 0 Å². The number of aromatic nitrogens is 3. The first-order valence-electron chi connectivity index (χ1n) is 10.5. The number of rotatable bonds is 7. The Morgan fingerprint density at radius 1 is 0.938 bits per heavy atom. The van der Waals surface area contributed by atoms with E-state index in [1.807, 2.05) is 67.6 Å². The van der Waals surface area contributed by atoms with Gasteiger partial charge >= 0.3 is 0 Å². The summed E-state index contributed by atoms with van der Waals surface area (Å²) in [6.07, 6.45) is 5.93. The highest BCUT2D eigenvalue weighted by atomic mass is 16.3. The summed E-state index contributed by atoms with van der Waals surface area (Å²) in [5.74, 6) is 0.554. The topological polar surface area (TPSA) is 88.0 Å². The molecular weight excluding hydrogens is 400 g/mol. The third-order valence-electron chi connectivity index (χ3n) is 5.19. The van der Waals surface area contributed by atoms with Crippen LogP contribution in [0.5, 0.6) is 0 Å². The monoisotopic (exact) mass is 424 g/mol. The SMILES string of the molecule is Cc1ncc(CCNC(=O)c2cc(-c3ccccn3)cc(-c3ccccc3CO)c2)cn1. The van der Waals surface area contributed by atoms with Gasteiger partial charge in [0.25, 0.3) is 5.91 Å². The molecule has 2 heterocycles. The van der Waals surface area contributed by atoms with E-state index in [-0.39, 0.29) is 12.5 Å². The summed E-state index contributed by atoms with van der Waals surface area (Å²) < 4.78 is 0. The molecule has 0 saturated heterocycles. The number of aliphatic hydroxyl groups is 1. The van der Waals surface area contributed by atoms with Crippen LogP contribution in [0.3, 0.4) is 0 Å². The van der Waals surface area contributed by atoms with Crippen molar-refractivity contribution in [2.75, 3.05) is 6.54 Å². The Kier molecular flexibility index (Phi) is 6.63. The lowest BCUT2D eigenvalue weighted by Crippen LogP contribution is -2.25. The molecule has 1 amide bonds. The molecule has 0 unspecified atom stereocenters. The Bertz CT molecular complexity index is 1210. The molecule has 0 radical (unpaired) electrons. The number of hydrogen-bond donors (Lipinski definition) is 2. The highest BCUT2D eigenvalue weighted by Crippen LogP contribution is 2.29. The van der Waals surface area contributed by atoms with Crippen LogP contribution in [0.15, 0.2) is 79.3 Å². The van der Waals surface area contributed by atoms with E-state index in [9.17, 15) is 9.90 Å². The van der Waals surface area contributed by atoms with Gasteiger partial charge in [-0.05, 0) is 65.9 Å². The molecule has 6 nitrogen and oxygen atoms in total. The van der Waals surface area contributed by atoms with Gasteiger partial charge in [0.1, 0.15) is 5.82 Å². The number of nitrogens with zero attached hydrogens (tertiary/aromatic N) is 3. The Morgan fingerprint density at radius 2 is 1.69 bits per heavy atom. The van der Waals surface area contributed by atoms with E-state index in [0.717, 1.165) is 39.3 Å². The molecule has 4 aromatic rings. The quantitative estimate of drug-likeness (QED) is 0.469. The van der Waals surface area contributed by atoms with E-state index in [2.05, 4.69) is 20.3 Å². The molecule has 0 aliphatic heterocycles. The molecule has 2 aromatic carbocycles. The number of hydrogen-bond acceptors (Lipinski definition) is 5. The Labute approximate surface area is 187 Å². The second kappa shape index (κ2) is 9.94. The fourth-order valence-corrected chi connectivity index (χ4v) is 3.51. The van der Waals surface area contributed by atoms with E-state index in [4.69, 9.17) is 0 Å². The zero-order valence-corrected chi connectivity index (χ0v) is 17.8. The van der Waals surface area contributed by atoms with Crippen molar-refractivity contribution in [3.05, 3.63) is 102 Å². The minimum atomic E-state index is -0.168. The maximum Gasteiger partial charge on any atom is 0.251 e. The molecule has 0 bridgehead atoms. The Hall–Kier alpha value is -3.90. The molecule has 160 valence electrons. The summed E-state index contributed by atoms with van der Waals surface area (Å²) >= 11 is 0. The summed E-state index contributed by atoms with van der Waals surface area (Å²) in [6.45, 7) is 2.23. The molecule has 32 heavy (non-hydrogen) atoms. The molecule has 2 aromatic heterocycles. The van der Waals surface area contributed by atoms with Crippen molar-refractivity contribution >= 4 is 5.91 Å². The smallest absolute Gasteiger partial charge is 0.251 e. The van der Waals surface area contributed by atoms with Crippen LogP contribution in [0.2, 0.25) is 0 Å². The van der Waals surface area contributed by atoms with Crippen molar-refractivity contribution in [2.24, 2.45) is 0 Å². The van der Waals surface area contributed by atoms with Gasteiger partial charge in [-0.15, -0.1) is 0 Å². The first-order chi connectivity index (χ1) is 15.6. The van der Waals surface area contributed by atoms with Crippen molar-refractivity contribution in [3.63, 3.8) is 0 Å². The lowest BCUT2D eigenvalue weighted by atomic mass is 9.95. The van der Waals surface area contributed by atoms with Gasteiger partial charge in [0, 0.05) is 36.3 Å². The molecule has 2 N–H and O–H groups in total. The lowest BCUT2D eigenvalue weighted by Gasteiger charge is -2.13. The van der Waals surface area contributed by atoms with Crippen LogP contribution >= 0.6 is 0 Å². The molecule has 6 heteroatoms. The Morgan fingerprint density at radius 3 is 2.44 bits per heavy atom. The van der Waals surface area contributed by atoms with E-state index < -0.39 is 0 Å². The minimum Gasteiger partial charge on any atom is -0.392 e. The number of carbonyl (C=O) groups excluding carboxylic acids is 1. The first-order valence-corrected chi connectivity index (χ1v) is 10.5. The number of amides is 1. The number of nitrogens with one attached hydrogen (secondary N) is 1. The van der Waals surface area contributed by atoms with Gasteiger partial charge < -0.3 is 10.4 Å². The van der Waals surface area contributed by atoms with Crippen molar-refractivity contribution in [1.29, 1.82) is 0 Å². The van der Waals surface area contributed by atoms with Gasteiger partial charge in [-0.1, -0.05) is 30.3 Å². The molecule has 0 fully saturated rings. The molecule has 0 saturated carbocycles. The number of carbonyl (C=O) groups is 1. The van der Waals surface area contributed by atoms with Gasteiger partial charge in [0.15, 0.2) is 0 Å². The highest BCUT2D eigenvalue weighted by Gasteiger charge is 2.13. The largest absolute Gasteiger partial charge is 0.392 e. The average Bonchev–Trinajstić information content (AvgIpc) is 2.85. The third kappa shape index (κ3) is 5.04. The van der Waals surface area contributed by atoms with Gasteiger partial charge in [-0.25, -0.2) is 9.97 Å². The second-order valence-electron chi connectivity index (χ2n) is 7.47. The van der Waals surface area contributed by atoms with Crippen LogP contribution in [0.1, 0.15) is 27.3 Å². The molecule has 4 rings (SSSR count). The molecule has 0 aliphatic carbocycles. The predicted octanol–water partition coefficient (Wildman–Crippen LogP) is 3.98. The zero-order valence-electron chi connectivity index (χ0n) is 17.8. The first kappa shape index (κ1) is 21.3. The molecule has 0 spiro atoms. The highest BCUT2D eigenvalue weighted by molar-refractivity contribution is 5.97. The van der Waals surface area contributed by atoms with Crippen molar-refractivity contribution < 1.29 is 9.90 Å². The Balaban J connectivity index is 1.63. The van der Waals surface area contributed by atoms with Gasteiger partial charge in [-0.3, -0.25) is 9.78 Å². The fourth-order valence-electron chi connectivity index (χ4n) is 3.51. The standard InChI is InChI=1S/C26H24N4O2/c1-18-29-15-19(16-30-18)9-11-28-26(32)23-13-21(24-7-3-2-6-20(24)17-31)12-22(14-23)25-8-4-5-10-27-25/h2-8,10,12-16,31H,9,11,17H2,1H3,(H,28,32). The van der Waals surface area contributed by atoms with E-state index in [0.29, 0.717) is 18.5 Å². The number of pyridine rings is 1. The van der Waals surface area contributed by atoms with E-state index in [1.165, 1.54) is 0 Å². The number of benzene rings is 2. The predicted molar refractivity (Wildman–Crippen MR) is 124 cm³/mol. The van der Waals surface area contributed by atoms with E-state index >= 15 is 0 Å². The van der Waals surface area contributed by atoms with Crippen molar-refractivity contribution in [2.45, 2.75) is 20.0 Å². The van der Waals surface area contributed by atoms with E-state index in [1.54, 1.807) is 18.6 Å². The molecular formula is C26H24N4O2. The average molecular weight is 425 g/mol. The lowest BCUT2D eigenvalue weighted by molar-refractivity contribution is 0.0954. The van der Waals surface area contributed by atoms with Gasteiger partial charge in [0.2, 0.25) is 0 Å². The van der Waals surface area contributed by atoms with Crippen LogP contribution in [0.4, 0.5) is 0 Å². The van der Waals surface area contributed by atoms with Crippen LogP contribution in [-0.2, 0) is 13.0 Å². The summed E-state index contributed by atoms with van der Waals surface area (Å²) in [5, 5.41) is 12.8. The summed E-state index contributed by atoms with van der Waals surface area (Å²) in [5.41, 5.74) is 5.67. The van der Waals surface area contributed by atoms with Gasteiger partial charge in [0.05, 0.1) is 12.3 Å². The minimum absolute atomic E-state index is 0.0792. The number of aryl methyl sites for hydroxylation is 1. The van der Waals surface area contributed by atoms with Crippen LogP contribution in [-0.4, -0.2) is 32.5 Å². The van der Waals surface area contributed by atoms with Crippen molar-refractivity contribution in [1.82, 2.24) is 20.3 Å².